The number of carbonyl (C=O) groups excluding carboxylic acids is 1. The van der Waals surface area contributed by atoms with Crippen molar-refractivity contribution < 1.29 is 35.9 Å². The molecule has 2 heterocycles. The van der Waals surface area contributed by atoms with Crippen LogP contribution in [0.25, 0.3) is 0 Å². The van der Waals surface area contributed by atoms with Gasteiger partial charge >= 0.3 is 12.4 Å². The minimum atomic E-state index is -4.57. The zero-order chi connectivity index (χ0) is 22.8. The van der Waals surface area contributed by atoms with Gasteiger partial charge in [0.05, 0.1) is 16.7 Å². The number of hydrogen-bond acceptors (Lipinski definition) is 4. The molecule has 2 aromatic rings. The molecule has 1 aromatic carbocycles. The second kappa shape index (κ2) is 8.76. The number of pyridine rings is 1. The lowest BCUT2D eigenvalue weighted by Crippen LogP contribution is -2.46. The molecule has 0 N–H and O–H groups in total. The summed E-state index contributed by atoms with van der Waals surface area (Å²) in [4.78, 5) is 17.1. The molecule has 0 saturated carbocycles. The fourth-order valence-electron chi connectivity index (χ4n) is 3.64. The molecule has 3 rings (SSSR count). The number of hydrogen-bond donors (Lipinski definition) is 0. The molecule has 1 fully saturated rings. The van der Waals surface area contributed by atoms with E-state index in [9.17, 15) is 31.1 Å². The number of rotatable bonds is 5. The highest BCUT2D eigenvalue weighted by molar-refractivity contribution is 5.79. The van der Waals surface area contributed by atoms with Gasteiger partial charge in [-0.25, -0.2) is 4.98 Å². The molecule has 31 heavy (non-hydrogen) atoms. The third kappa shape index (κ3) is 5.29. The van der Waals surface area contributed by atoms with E-state index >= 15 is 0 Å². The molecule has 0 unspecified atom stereocenters. The Morgan fingerprint density at radius 1 is 1.10 bits per heavy atom. The number of benzene rings is 1. The Hall–Kier alpha value is -2.78. The predicted octanol–water partition coefficient (Wildman–Crippen LogP) is 5.76. The Morgan fingerprint density at radius 2 is 1.77 bits per heavy atom. The lowest BCUT2D eigenvalue weighted by molar-refractivity contribution is -0.138. The van der Waals surface area contributed by atoms with E-state index in [1.165, 1.54) is 6.07 Å². The smallest absolute Gasteiger partial charge is 0.417 e. The van der Waals surface area contributed by atoms with Crippen LogP contribution in [-0.2, 0) is 12.4 Å². The molecule has 1 saturated heterocycles. The van der Waals surface area contributed by atoms with Crippen LogP contribution in [0.5, 0.6) is 5.75 Å². The topological polar surface area (TPSA) is 42.4 Å². The van der Waals surface area contributed by atoms with Crippen LogP contribution in [0, 0.1) is 0 Å². The molecular formula is C21H20F6N2O2. The van der Waals surface area contributed by atoms with E-state index in [1.54, 1.807) is 0 Å². The summed E-state index contributed by atoms with van der Waals surface area (Å²) in [7, 11) is 0. The van der Waals surface area contributed by atoms with Crippen molar-refractivity contribution in [2.24, 2.45) is 0 Å². The summed E-state index contributed by atoms with van der Waals surface area (Å²) in [5.41, 5.74) is -1.95. The first-order valence-electron chi connectivity index (χ1n) is 9.66. The number of aromatic nitrogens is 1. The molecule has 168 valence electrons. The van der Waals surface area contributed by atoms with Gasteiger partial charge in [-0.1, -0.05) is 6.92 Å². The maximum atomic E-state index is 12.9. The molecule has 2 atom stereocenters. The summed E-state index contributed by atoms with van der Waals surface area (Å²) >= 11 is 0. The summed E-state index contributed by atoms with van der Waals surface area (Å²) in [6.45, 7) is 2.36. The minimum absolute atomic E-state index is 0.0731. The van der Waals surface area contributed by atoms with Crippen molar-refractivity contribution in [3.8, 4) is 5.75 Å². The van der Waals surface area contributed by atoms with Gasteiger partial charge in [-0.3, -0.25) is 4.79 Å². The summed E-state index contributed by atoms with van der Waals surface area (Å²) in [6.07, 6.45) is -6.65. The number of halogens is 6. The quantitative estimate of drug-likeness (QED) is 0.433. The largest absolute Gasteiger partial charge is 0.490 e. The predicted molar refractivity (Wildman–Crippen MR) is 101 cm³/mol. The highest BCUT2D eigenvalue weighted by Crippen LogP contribution is 2.35. The molecule has 0 radical (unpaired) electrons. The first kappa shape index (κ1) is 22.9. The van der Waals surface area contributed by atoms with E-state index in [-0.39, 0.29) is 23.5 Å². The number of ether oxygens (including phenoxy) is 1. The normalized spacial score (nSPS) is 19.9. The molecule has 0 spiro atoms. The van der Waals surface area contributed by atoms with Gasteiger partial charge in [-0.15, -0.1) is 0 Å². The van der Waals surface area contributed by atoms with Crippen molar-refractivity contribution in [2.75, 3.05) is 11.4 Å². The van der Waals surface area contributed by atoms with Gasteiger partial charge < -0.3 is 9.64 Å². The molecule has 0 aliphatic carbocycles. The third-order valence-corrected chi connectivity index (χ3v) is 5.27. The average Bonchev–Trinajstić information content (AvgIpc) is 2.72. The van der Waals surface area contributed by atoms with Crippen LogP contribution in [0.1, 0.15) is 47.7 Å². The molecule has 1 aromatic heterocycles. The molecule has 1 aliphatic heterocycles. The van der Waals surface area contributed by atoms with Gasteiger partial charge in [-0.2, -0.15) is 26.3 Å². The Bertz CT molecular complexity index is 912. The van der Waals surface area contributed by atoms with E-state index < -0.39 is 23.5 Å². The number of anilines is 1. The first-order valence-corrected chi connectivity index (χ1v) is 9.66. The number of aldehydes is 1. The summed E-state index contributed by atoms with van der Waals surface area (Å²) in [5, 5.41) is 0. The second-order valence-electron chi connectivity index (χ2n) is 7.29. The van der Waals surface area contributed by atoms with Crippen LogP contribution in [0.4, 0.5) is 32.2 Å². The van der Waals surface area contributed by atoms with Crippen molar-refractivity contribution in [2.45, 2.75) is 50.7 Å². The fraction of sp³-hybridized carbons (Fsp3) is 0.429. The van der Waals surface area contributed by atoms with Crippen LogP contribution in [0.15, 0.2) is 36.5 Å². The lowest BCUT2D eigenvalue weighted by atomic mass is 9.97. The minimum Gasteiger partial charge on any atom is -0.490 e. The zero-order valence-corrected chi connectivity index (χ0v) is 16.5. The van der Waals surface area contributed by atoms with Crippen LogP contribution in [-0.4, -0.2) is 30.0 Å². The molecule has 0 bridgehead atoms. The van der Waals surface area contributed by atoms with Crippen molar-refractivity contribution in [1.29, 1.82) is 0 Å². The highest BCUT2D eigenvalue weighted by Gasteiger charge is 2.34. The molecule has 1 aliphatic rings. The van der Waals surface area contributed by atoms with Gasteiger partial charge in [0.1, 0.15) is 17.7 Å². The zero-order valence-electron chi connectivity index (χ0n) is 16.5. The van der Waals surface area contributed by atoms with Crippen LogP contribution < -0.4 is 9.64 Å². The number of piperidine rings is 1. The van der Waals surface area contributed by atoms with E-state index in [0.717, 1.165) is 30.5 Å². The van der Waals surface area contributed by atoms with Crippen molar-refractivity contribution in [3.05, 3.63) is 53.2 Å². The van der Waals surface area contributed by atoms with Crippen molar-refractivity contribution >= 4 is 12.1 Å². The van der Waals surface area contributed by atoms with E-state index in [0.29, 0.717) is 37.9 Å². The van der Waals surface area contributed by atoms with Crippen molar-refractivity contribution in [3.63, 3.8) is 0 Å². The van der Waals surface area contributed by atoms with Crippen molar-refractivity contribution in [1.82, 2.24) is 4.98 Å². The lowest BCUT2D eigenvalue weighted by Gasteiger charge is -2.40. The maximum absolute atomic E-state index is 12.9. The Balaban J connectivity index is 1.72. The maximum Gasteiger partial charge on any atom is 0.417 e. The first-order chi connectivity index (χ1) is 14.5. The van der Waals surface area contributed by atoms with Crippen LogP contribution in [0.3, 0.4) is 0 Å². The Kier molecular flexibility index (Phi) is 6.47. The average molecular weight is 446 g/mol. The van der Waals surface area contributed by atoms with E-state index in [2.05, 4.69) is 4.98 Å². The van der Waals surface area contributed by atoms with E-state index in [1.807, 2.05) is 11.8 Å². The second-order valence-corrected chi connectivity index (χ2v) is 7.29. The Labute approximate surface area is 174 Å². The number of alkyl halides is 6. The summed E-state index contributed by atoms with van der Waals surface area (Å²) in [5.74, 6) is 0.491. The number of nitrogens with zero attached hydrogens (tertiary/aromatic N) is 2. The van der Waals surface area contributed by atoms with Crippen LogP contribution in [0.2, 0.25) is 0 Å². The van der Waals surface area contributed by atoms with Gasteiger partial charge in [0.15, 0.2) is 6.29 Å². The summed E-state index contributed by atoms with van der Waals surface area (Å²) < 4.78 is 82.7. The van der Waals surface area contributed by atoms with Crippen LogP contribution >= 0.6 is 0 Å². The molecular weight excluding hydrogens is 426 g/mol. The fourth-order valence-corrected chi connectivity index (χ4v) is 3.64. The standard InChI is InChI=1S/C21H20F6N2O2/c1-2-16-10-17(31-18-5-3-14(20(22,23)24)9-13(18)12-30)7-8-29(16)19-6-4-15(11-28-19)21(25,26)27/h3-6,9,11-12,16-17H,2,7-8,10H2,1H3/t16-,17-/m0/s1. The van der Waals surface area contributed by atoms with Gasteiger partial charge in [0.2, 0.25) is 0 Å². The van der Waals surface area contributed by atoms with Gasteiger partial charge in [0, 0.05) is 31.6 Å². The van der Waals surface area contributed by atoms with Gasteiger partial charge in [0.25, 0.3) is 0 Å². The Morgan fingerprint density at radius 3 is 2.32 bits per heavy atom. The number of carbonyl (C=O) groups is 1. The highest BCUT2D eigenvalue weighted by atomic mass is 19.4. The van der Waals surface area contributed by atoms with E-state index in [4.69, 9.17) is 4.74 Å². The van der Waals surface area contributed by atoms with Gasteiger partial charge in [-0.05, 0) is 36.8 Å². The molecule has 10 heteroatoms. The molecule has 4 nitrogen and oxygen atoms in total. The molecule has 0 amide bonds. The third-order valence-electron chi connectivity index (χ3n) is 5.27. The monoisotopic (exact) mass is 446 g/mol. The SMILES string of the molecule is CC[C@H]1C[C@@H](Oc2ccc(C(F)(F)F)cc2C=O)CCN1c1ccc(C(F)(F)F)cn1. The summed E-state index contributed by atoms with van der Waals surface area (Å²) in [6, 6.07) is 4.97.